The molecule has 1 aromatic rings. The van der Waals surface area contributed by atoms with Crippen molar-refractivity contribution in [3.63, 3.8) is 0 Å². The van der Waals surface area contributed by atoms with Gasteiger partial charge >= 0.3 is 0 Å². The largest absolute Gasteiger partial charge is 0.373 e. The molecule has 0 spiro atoms. The third kappa shape index (κ3) is 6.06. The molecule has 0 amide bonds. The van der Waals surface area contributed by atoms with Gasteiger partial charge in [0.05, 0.1) is 24.8 Å². The van der Waals surface area contributed by atoms with Crippen LogP contribution in [0.4, 0.5) is 4.39 Å². The van der Waals surface area contributed by atoms with Crippen LogP contribution in [0.2, 0.25) is 0 Å². The van der Waals surface area contributed by atoms with Crippen molar-refractivity contribution in [2.75, 3.05) is 26.7 Å². The van der Waals surface area contributed by atoms with Crippen molar-refractivity contribution < 1.29 is 9.13 Å². The van der Waals surface area contributed by atoms with Crippen molar-refractivity contribution >= 4 is 29.9 Å². The molecular weight excluding hydrogens is 446 g/mol. The lowest BCUT2D eigenvalue weighted by Crippen LogP contribution is -2.47. The van der Waals surface area contributed by atoms with E-state index >= 15 is 0 Å². The van der Waals surface area contributed by atoms with Crippen LogP contribution in [-0.2, 0) is 11.3 Å². The molecule has 2 heterocycles. The molecule has 3 rings (SSSR count). The van der Waals surface area contributed by atoms with Gasteiger partial charge in [-0.2, -0.15) is 0 Å². The second-order valence-electron chi connectivity index (χ2n) is 6.99. The Morgan fingerprint density at radius 3 is 2.69 bits per heavy atom. The van der Waals surface area contributed by atoms with Crippen molar-refractivity contribution in [2.24, 2.45) is 4.99 Å². The van der Waals surface area contributed by atoms with Gasteiger partial charge < -0.3 is 20.3 Å². The predicted octanol–water partition coefficient (Wildman–Crippen LogP) is 2.75. The van der Waals surface area contributed by atoms with E-state index in [0.717, 1.165) is 44.0 Å². The Bertz CT molecular complexity index is 583. The summed E-state index contributed by atoms with van der Waals surface area (Å²) in [5.74, 6) is 0.681. The second-order valence-corrected chi connectivity index (χ2v) is 6.99. The van der Waals surface area contributed by atoms with Crippen LogP contribution >= 0.6 is 24.0 Å². The molecule has 2 saturated heterocycles. The zero-order chi connectivity index (χ0) is 17.6. The van der Waals surface area contributed by atoms with Gasteiger partial charge in [-0.15, -0.1) is 24.0 Å². The number of fused-ring (bicyclic) bond motifs is 2. The fourth-order valence-corrected chi connectivity index (χ4v) is 3.60. The third-order valence-electron chi connectivity index (χ3n) is 4.89. The molecule has 3 unspecified atom stereocenters. The predicted molar refractivity (Wildman–Crippen MR) is 114 cm³/mol. The summed E-state index contributed by atoms with van der Waals surface area (Å²) < 4.78 is 18.9. The number of nitrogens with zero attached hydrogens (tertiary/aromatic N) is 2. The molecule has 0 radical (unpaired) electrons. The number of halogens is 2. The summed E-state index contributed by atoms with van der Waals surface area (Å²) in [7, 11) is 2.06. The maximum absolute atomic E-state index is 13.0. The molecule has 0 aromatic heterocycles. The molecular formula is C19H30FIN4O. The molecule has 3 atom stereocenters. The normalized spacial score (nSPS) is 24.6. The summed E-state index contributed by atoms with van der Waals surface area (Å²) in [6.45, 7) is 5.28. The maximum Gasteiger partial charge on any atom is 0.191 e. The lowest BCUT2D eigenvalue weighted by Gasteiger charge is -2.23. The number of likely N-dealkylation sites (N-methyl/N-ethyl adjacent to an activating group) is 1. The number of rotatable bonds is 7. The maximum atomic E-state index is 13.0. The van der Waals surface area contributed by atoms with Gasteiger partial charge in [0.25, 0.3) is 0 Å². The second kappa shape index (κ2) is 10.4. The smallest absolute Gasteiger partial charge is 0.191 e. The van der Waals surface area contributed by atoms with Crippen molar-refractivity contribution in [2.45, 2.75) is 51.0 Å². The van der Waals surface area contributed by atoms with Crippen molar-refractivity contribution in [1.82, 2.24) is 15.5 Å². The van der Waals surface area contributed by atoms with Gasteiger partial charge in [-0.3, -0.25) is 4.99 Å². The molecule has 0 aliphatic carbocycles. The van der Waals surface area contributed by atoms with Crippen LogP contribution in [0.1, 0.15) is 31.7 Å². The summed E-state index contributed by atoms with van der Waals surface area (Å²) in [6, 6.07) is 7.05. The van der Waals surface area contributed by atoms with E-state index < -0.39 is 0 Å². The van der Waals surface area contributed by atoms with E-state index in [0.29, 0.717) is 24.8 Å². The van der Waals surface area contributed by atoms with Crippen LogP contribution in [0.5, 0.6) is 0 Å². The number of ether oxygens (including phenoxy) is 1. The summed E-state index contributed by atoms with van der Waals surface area (Å²) >= 11 is 0. The highest BCUT2D eigenvalue weighted by Crippen LogP contribution is 2.34. The first-order valence-electron chi connectivity index (χ1n) is 9.27. The Kier molecular flexibility index (Phi) is 8.56. The van der Waals surface area contributed by atoms with Crippen LogP contribution in [0, 0.1) is 5.82 Å². The van der Waals surface area contributed by atoms with Crippen LogP contribution < -0.4 is 10.6 Å². The fraction of sp³-hybridized carbons (Fsp3) is 0.632. The van der Waals surface area contributed by atoms with Crippen molar-refractivity contribution in [3.05, 3.63) is 35.6 Å². The van der Waals surface area contributed by atoms with Crippen molar-refractivity contribution in [3.8, 4) is 0 Å². The first-order chi connectivity index (χ1) is 12.1. The van der Waals surface area contributed by atoms with Gasteiger partial charge in [-0.1, -0.05) is 12.1 Å². The average Bonchev–Trinajstić information content (AvgIpc) is 3.20. The topological polar surface area (TPSA) is 48.9 Å². The van der Waals surface area contributed by atoms with Crippen LogP contribution in [0.15, 0.2) is 29.3 Å². The molecule has 26 heavy (non-hydrogen) atoms. The summed E-state index contributed by atoms with van der Waals surface area (Å²) in [5, 5.41) is 6.85. The van der Waals surface area contributed by atoms with Gasteiger partial charge in [0.1, 0.15) is 5.82 Å². The average molecular weight is 476 g/mol. The van der Waals surface area contributed by atoms with E-state index in [9.17, 15) is 4.39 Å². The highest BCUT2D eigenvalue weighted by molar-refractivity contribution is 14.0. The van der Waals surface area contributed by atoms with E-state index in [1.165, 1.54) is 18.6 Å². The first kappa shape index (κ1) is 21.4. The number of nitrogens with one attached hydrogen (secondary N) is 2. The summed E-state index contributed by atoms with van der Waals surface area (Å²) in [4.78, 5) is 6.89. The van der Waals surface area contributed by atoms with Crippen molar-refractivity contribution in [1.29, 1.82) is 0 Å². The third-order valence-corrected chi connectivity index (χ3v) is 4.89. The molecule has 5 nitrogen and oxygen atoms in total. The molecule has 1 aromatic carbocycles. The minimum Gasteiger partial charge on any atom is -0.373 e. The Morgan fingerprint density at radius 2 is 2.08 bits per heavy atom. The van der Waals surface area contributed by atoms with Gasteiger partial charge in [-0.05, 0) is 50.9 Å². The number of guanidine groups is 1. The molecule has 0 saturated carbocycles. The van der Waals surface area contributed by atoms with Gasteiger partial charge in [0.2, 0.25) is 0 Å². The number of benzene rings is 1. The number of hydrogen-bond donors (Lipinski definition) is 2. The molecule has 2 N–H and O–H groups in total. The summed E-state index contributed by atoms with van der Waals surface area (Å²) in [6.07, 6.45) is 4.22. The van der Waals surface area contributed by atoms with Crippen LogP contribution in [0.3, 0.4) is 0 Å². The molecule has 146 valence electrons. The standard InChI is InChI=1S/C19H29FN4O.HI/c1-3-21-19(23-17-12-16-8-9-18(17)25-16)22-10-11-24(2)13-14-4-6-15(20)7-5-14;/h4-7,16-18H,3,8-13H2,1-2H3,(H2,21,22,23);1H. The minimum absolute atomic E-state index is 0. The molecule has 2 aliphatic heterocycles. The van der Waals surface area contributed by atoms with Gasteiger partial charge in [0.15, 0.2) is 5.96 Å². The Balaban J connectivity index is 0.00000243. The minimum atomic E-state index is -0.193. The van der Waals surface area contributed by atoms with E-state index in [4.69, 9.17) is 9.73 Å². The van der Waals surface area contributed by atoms with E-state index in [2.05, 4.69) is 29.5 Å². The van der Waals surface area contributed by atoms with Crippen LogP contribution in [-0.4, -0.2) is 55.8 Å². The SMILES string of the molecule is CCNC(=NCCN(C)Cc1ccc(F)cc1)NC1CC2CCC1O2.I. The first-order valence-corrected chi connectivity index (χ1v) is 9.27. The monoisotopic (exact) mass is 476 g/mol. The Labute approximate surface area is 172 Å². The lowest BCUT2D eigenvalue weighted by atomic mass is 9.96. The zero-order valence-electron chi connectivity index (χ0n) is 15.6. The Hall–Kier alpha value is -0.930. The number of hydrogen-bond acceptors (Lipinski definition) is 3. The molecule has 2 aliphatic rings. The lowest BCUT2D eigenvalue weighted by molar-refractivity contribution is 0.0992. The highest BCUT2D eigenvalue weighted by atomic mass is 127. The van der Waals surface area contributed by atoms with Gasteiger partial charge in [0, 0.05) is 19.6 Å². The molecule has 2 bridgehead atoms. The molecule has 7 heteroatoms. The summed E-state index contributed by atoms with van der Waals surface area (Å²) in [5.41, 5.74) is 1.11. The van der Waals surface area contributed by atoms with Gasteiger partial charge in [-0.25, -0.2) is 4.39 Å². The Morgan fingerprint density at radius 1 is 1.31 bits per heavy atom. The van der Waals surface area contributed by atoms with E-state index in [-0.39, 0.29) is 29.8 Å². The highest BCUT2D eigenvalue weighted by Gasteiger charge is 2.41. The number of aliphatic imine (C=N–C) groups is 1. The fourth-order valence-electron chi connectivity index (χ4n) is 3.60. The molecule has 2 fully saturated rings. The quantitative estimate of drug-likeness (QED) is 0.361. The van der Waals surface area contributed by atoms with Crippen LogP contribution in [0.25, 0.3) is 0 Å². The van der Waals surface area contributed by atoms with E-state index in [1.807, 2.05) is 12.1 Å². The van der Waals surface area contributed by atoms with E-state index in [1.54, 1.807) is 0 Å². The zero-order valence-corrected chi connectivity index (χ0v) is 17.9.